The molecular weight excluding hydrogens is 354 g/mol. The maximum atomic E-state index is 5.43. The van der Waals surface area contributed by atoms with Gasteiger partial charge in [0, 0.05) is 35.9 Å². The summed E-state index contributed by atoms with van der Waals surface area (Å²) >= 11 is 0. The molecule has 0 atom stereocenters. The highest BCUT2D eigenvalue weighted by Gasteiger charge is 2.15. The lowest BCUT2D eigenvalue weighted by Crippen LogP contribution is -2.02. The Bertz CT molecular complexity index is 1290. The molecule has 0 unspecified atom stereocenters. The molecule has 0 radical (unpaired) electrons. The lowest BCUT2D eigenvalue weighted by Gasteiger charge is -2.08. The Balaban J connectivity index is 1.67. The van der Waals surface area contributed by atoms with Crippen LogP contribution in [0.5, 0.6) is 5.88 Å². The highest BCUT2D eigenvalue weighted by molar-refractivity contribution is 5.87. The van der Waals surface area contributed by atoms with E-state index in [2.05, 4.69) is 41.7 Å². The van der Waals surface area contributed by atoms with Crippen LogP contribution in [-0.2, 0) is 6.54 Å². The predicted molar refractivity (Wildman–Crippen MR) is 104 cm³/mol. The molecular formula is C20H17N7O. The van der Waals surface area contributed by atoms with Gasteiger partial charge in [-0.2, -0.15) is 10.1 Å². The Kier molecular flexibility index (Phi) is 3.75. The van der Waals surface area contributed by atoms with E-state index in [0.29, 0.717) is 12.4 Å². The third-order valence-corrected chi connectivity index (χ3v) is 4.78. The molecule has 5 rings (SSSR count). The van der Waals surface area contributed by atoms with Crippen LogP contribution in [0.15, 0.2) is 55.4 Å². The second kappa shape index (κ2) is 6.41. The number of pyridine rings is 2. The molecule has 0 aliphatic heterocycles. The molecule has 0 amide bonds. The minimum atomic E-state index is 0.523. The van der Waals surface area contributed by atoms with Crippen molar-refractivity contribution < 1.29 is 4.74 Å². The van der Waals surface area contributed by atoms with Gasteiger partial charge in [0.2, 0.25) is 5.88 Å². The Morgan fingerprint density at radius 1 is 1.14 bits per heavy atom. The quantitative estimate of drug-likeness (QED) is 0.483. The van der Waals surface area contributed by atoms with Gasteiger partial charge in [0.25, 0.3) is 0 Å². The maximum Gasteiger partial charge on any atom is 0.241 e. The standard InChI is InChI=1S/C20H17N7O/c1-13-25-19-17(26(13)11-14-4-3-6-21-9-14)8-15(10-22-19)16-5-7-27-18(16)20(28-2)23-12-24-27/h3-10,12H,11H2,1-2H3. The first kappa shape index (κ1) is 16.4. The second-order valence-electron chi connectivity index (χ2n) is 6.47. The fraction of sp³-hybridized carbons (Fsp3) is 0.150. The summed E-state index contributed by atoms with van der Waals surface area (Å²) in [6.07, 6.45) is 8.83. The van der Waals surface area contributed by atoms with Crippen molar-refractivity contribution in [3.63, 3.8) is 0 Å². The van der Waals surface area contributed by atoms with Crippen molar-refractivity contribution in [1.82, 2.24) is 34.1 Å². The molecule has 0 saturated heterocycles. The number of hydrogen-bond donors (Lipinski definition) is 0. The summed E-state index contributed by atoms with van der Waals surface area (Å²) in [6, 6.07) is 8.08. The summed E-state index contributed by atoms with van der Waals surface area (Å²) in [5.74, 6) is 1.43. The molecule has 0 aromatic carbocycles. The number of aryl methyl sites for hydroxylation is 1. The van der Waals surface area contributed by atoms with Crippen molar-refractivity contribution >= 4 is 16.7 Å². The topological polar surface area (TPSA) is 83.0 Å². The highest BCUT2D eigenvalue weighted by Crippen LogP contribution is 2.31. The first-order valence-corrected chi connectivity index (χ1v) is 8.83. The Hall–Kier alpha value is -3.81. The molecule has 0 aliphatic carbocycles. The van der Waals surface area contributed by atoms with Crippen LogP contribution >= 0.6 is 0 Å². The van der Waals surface area contributed by atoms with Crippen molar-refractivity contribution in [2.24, 2.45) is 0 Å². The SMILES string of the molecule is COc1ncnn2ccc(-c3cnc4nc(C)n(Cc5cccnc5)c4c3)c12. The zero-order valence-electron chi connectivity index (χ0n) is 15.4. The van der Waals surface area contributed by atoms with Gasteiger partial charge in [-0.25, -0.2) is 14.5 Å². The first-order valence-electron chi connectivity index (χ1n) is 8.83. The van der Waals surface area contributed by atoms with Gasteiger partial charge in [-0.15, -0.1) is 0 Å². The van der Waals surface area contributed by atoms with Crippen LogP contribution in [0.25, 0.3) is 27.8 Å². The van der Waals surface area contributed by atoms with Gasteiger partial charge in [-0.1, -0.05) is 6.07 Å². The van der Waals surface area contributed by atoms with E-state index >= 15 is 0 Å². The molecule has 0 saturated carbocycles. The molecule has 138 valence electrons. The average molecular weight is 371 g/mol. The predicted octanol–water partition coefficient (Wildman–Crippen LogP) is 2.90. The van der Waals surface area contributed by atoms with E-state index in [4.69, 9.17) is 4.74 Å². The van der Waals surface area contributed by atoms with Gasteiger partial charge in [0.05, 0.1) is 19.2 Å². The van der Waals surface area contributed by atoms with Crippen molar-refractivity contribution in [1.29, 1.82) is 0 Å². The van der Waals surface area contributed by atoms with Crippen molar-refractivity contribution in [3.05, 3.63) is 66.8 Å². The van der Waals surface area contributed by atoms with Gasteiger partial charge in [0.15, 0.2) is 5.65 Å². The maximum absolute atomic E-state index is 5.43. The minimum absolute atomic E-state index is 0.523. The molecule has 0 spiro atoms. The molecule has 5 aromatic heterocycles. The lowest BCUT2D eigenvalue weighted by atomic mass is 10.1. The van der Waals surface area contributed by atoms with Crippen LogP contribution in [0.4, 0.5) is 0 Å². The van der Waals surface area contributed by atoms with Crippen LogP contribution in [-0.4, -0.2) is 41.2 Å². The van der Waals surface area contributed by atoms with E-state index in [9.17, 15) is 0 Å². The number of ether oxygens (including phenoxy) is 1. The van der Waals surface area contributed by atoms with Gasteiger partial charge in [0.1, 0.15) is 17.7 Å². The number of rotatable bonds is 4. The van der Waals surface area contributed by atoms with Gasteiger partial charge >= 0.3 is 0 Å². The lowest BCUT2D eigenvalue weighted by molar-refractivity contribution is 0.399. The Morgan fingerprint density at radius 3 is 2.89 bits per heavy atom. The van der Waals surface area contributed by atoms with E-state index in [1.165, 1.54) is 6.33 Å². The minimum Gasteiger partial charge on any atom is -0.479 e. The van der Waals surface area contributed by atoms with Crippen molar-refractivity contribution in [2.75, 3.05) is 7.11 Å². The van der Waals surface area contributed by atoms with Crippen molar-refractivity contribution in [2.45, 2.75) is 13.5 Å². The molecule has 0 N–H and O–H groups in total. The summed E-state index contributed by atoms with van der Waals surface area (Å²) in [6.45, 7) is 2.67. The van der Waals surface area contributed by atoms with E-state index < -0.39 is 0 Å². The average Bonchev–Trinajstić information content (AvgIpc) is 3.30. The van der Waals surface area contributed by atoms with Crippen LogP contribution in [0.1, 0.15) is 11.4 Å². The molecule has 8 heteroatoms. The van der Waals surface area contributed by atoms with Gasteiger partial charge in [-0.05, 0) is 30.7 Å². The summed E-state index contributed by atoms with van der Waals surface area (Å²) in [5.41, 5.74) is 5.51. The third-order valence-electron chi connectivity index (χ3n) is 4.78. The van der Waals surface area contributed by atoms with Crippen LogP contribution < -0.4 is 4.74 Å². The number of fused-ring (bicyclic) bond motifs is 2. The van der Waals surface area contributed by atoms with Crippen LogP contribution in [0.3, 0.4) is 0 Å². The number of imidazole rings is 1. The smallest absolute Gasteiger partial charge is 0.241 e. The number of nitrogens with zero attached hydrogens (tertiary/aromatic N) is 7. The zero-order chi connectivity index (χ0) is 19.1. The Morgan fingerprint density at radius 2 is 2.07 bits per heavy atom. The number of hydrogen-bond acceptors (Lipinski definition) is 6. The van der Waals surface area contributed by atoms with E-state index in [-0.39, 0.29) is 0 Å². The fourth-order valence-electron chi connectivity index (χ4n) is 3.45. The summed E-state index contributed by atoms with van der Waals surface area (Å²) < 4.78 is 9.33. The number of aromatic nitrogens is 7. The van der Waals surface area contributed by atoms with Crippen LogP contribution in [0, 0.1) is 6.92 Å². The monoisotopic (exact) mass is 371 g/mol. The summed E-state index contributed by atoms with van der Waals surface area (Å²) in [7, 11) is 1.60. The third kappa shape index (κ3) is 2.58. The van der Waals surface area contributed by atoms with Crippen LogP contribution in [0.2, 0.25) is 0 Å². The second-order valence-corrected chi connectivity index (χ2v) is 6.47. The van der Waals surface area contributed by atoms with Crippen molar-refractivity contribution in [3.8, 4) is 17.0 Å². The van der Waals surface area contributed by atoms with E-state index in [0.717, 1.165) is 39.2 Å². The molecule has 28 heavy (non-hydrogen) atoms. The molecule has 0 aliphatic rings. The fourth-order valence-corrected chi connectivity index (χ4v) is 3.45. The highest BCUT2D eigenvalue weighted by atomic mass is 16.5. The zero-order valence-corrected chi connectivity index (χ0v) is 15.4. The van der Waals surface area contributed by atoms with Gasteiger partial charge < -0.3 is 9.30 Å². The molecule has 5 aromatic rings. The van der Waals surface area contributed by atoms with Gasteiger partial charge in [-0.3, -0.25) is 4.98 Å². The normalized spacial score (nSPS) is 11.4. The van der Waals surface area contributed by atoms with E-state index in [1.54, 1.807) is 17.8 Å². The summed E-state index contributed by atoms with van der Waals surface area (Å²) in [4.78, 5) is 17.6. The number of methoxy groups -OCH3 is 1. The first-order chi connectivity index (χ1) is 13.7. The molecule has 8 nitrogen and oxygen atoms in total. The van der Waals surface area contributed by atoms with E-state index in [1.807, 2.05) is 37.6 Å². The molecule has 0 bridgehead atoms. The molecule has 0 fully saturated rings. The summed E-state index contributed by atoms with van der Waals surface area (Å²) in [5, 5.41) is 4.26. The molecule has 5 heterocycles. The Labute approximate surface area is 160 Å². The largest absolute Gasteiger partial charge is 0.479 e.